The number of thiophene rings is 1. The number of hydrogen-bond donors (Lipinski definition) is 1. The minimum absolute atomic E-state index is 0.280. The molecule has 0 aliphatic heterocycles. The zero-order valence-corrected chi connectivity index (χ0v) is 12.4. The van der Waals surface area contributed by atoms with Crippen molar-refractivity contribution >= 4 is 21.4 Å². The molecule has 3 rings (SSSR count). The summed E-state index contributed by atoms with van der Waals surface area (Å²) in [5, 5.41) is 4.98. The predicted molar refractivity (Wildman–Crippen MR) is 81.6 cm³/mol. The van der Waals surface area contributed by atoms with Crippen LogP contribution >= 0.6 is 11.3 Å². The third-order valence-electron chi connectivity index (χ3n) is 3.47. The van der Waals surface area contributed by atoms with Crippen molar-refractivity contribution in [2.24, 2.45) is 0 Å². The molecule has 1 aliphatic carbocycles. The van der Waals surface area contributed by atoms with Gasteiger partial charge in [-0.2, -0.15) is 0 Å². The Kier molecular flexibility index (Phi) is 3.87. The molecule has 1 aliphatic rings. The summed E-state index contributed by atoms with van der Waals surface area (Å²) in [4.78, 5) is 1.44. The third kappa shape index (κ3) is 3.16. The van der Waals surface area contributed by atoms with Gasteiger partial charge in [0.2, 0.25) is 0 Å². The van der Waals surface area contributed by atoms with Crippen molar-refractivity contribution in [3.05, 3.63) is 34.7 Å². The Morgan fingerprint density at radius 3 is 2.84 bits per heavy atom. The predicted octanol–water partition coefficient (Wildman–Crippen LogP) is 4.08. The van der Waals surface area contributed by atoms with E-state index < -0.39 is 0 Å². The highest BCUT2D eigenvalue weighted by atomic mass is 32.1. The van der Waals surface area contributed by atoms with E-state index in [9.17, 15) is 0 Å². The first kappa shape index (κ1) is 13.1. The van der Waals surface area contributed by atoms with Crippen molar-refractivity contribution in [3.63, 3.8) is 0 Å². The van der Waals surface area contributed by atoms with Crippen molar-refractivity contribution in [1.29, 1.82) is 0 Å². The standard InChI is InChI=1S/C16H21NOS/c1-11(2)18-10-14-13-5-3-4-6-15(13)19-16(14)9-17-12-7-8-12/h3-6,11-12,17H,7-10H2,1-2H3. The van der Waals surface area contributed by atoms with E-state index in [-0.39, 0.29) is 6.10 Å². The number of nitrogens with one attached hydrogen (secondary N) is 1. The molecule has 0 bridgehead atoms. The maximum atomic E-state index is 5.84. The molecule has 19 heavy (non-hydrogen) atoms. The summed E-state index contributed by atoms with van der Waals surface area (Å²) in [6.07, 6.45) is 2.95. The molecular weight excluding hydrogens is 254 g/mol. The molecule has 0 atom stereocenters. The quantitative estimate of drug-likeness (QED) is 0.857. The van der Waals surface area contributed by atoms with Gasteiger partial charge in [-0.3, -0.25) is 0 Å². The number of hydrogen-bond acceptors (Lipinski definition) is 3. The lowest BCUT2D eigenvalue weighted by atomic mass is 10.1. The highest BCUT2D eigenvalue weighted by molar-refractivity contribution is 7.19. The van der Waals surface area contributed by atoms with Crippen LogP contribution in [0.1, 0.15) is 37.1 Å². The van der Waals surface area contributed by atoms with E-state index in [1.165, 1.54) is 33.4 Å². The van der Waals surface area contributed by atoms with E-state index >= 15 is 0 Å². The van der Waals surface area contributed by atoms with Crippen molar-refractivity contribution in [3.8, 4) is 0 Å². The minimum atomic E-state index is 0.280. The molecule has 2 aromatic rings. The lowest BCUT2D eigenvalue weighted by Gasteiger charge is -2.09. The number of ether oxygens (including phenoxy) is 1. The zero-order chi connectivity index (χ0) is 13.2. The van der Waals surface area contributed by atoms with Crippen LogP contribution in [0.5, 0.6) is 0 Å². The Hall–Kier alpha value is -0.900. The van der Waals surface area contributed by atoms with Gasteiger partial charge < -0.3 is 10.1 Å². The van der Waals surface area contributed by atoms with Gasteiger partial charge >= 0.3 is 0 Å². The van der Waals surface area contributed by atoms with E-state index in [0.717, 1.165) is 19.2 Å². The normalized spacial score (nSPS) is 15.5. The summed E-state index contributed by atoms with van der Waals surface area (Å²) in [7, 11) is 0. The summed E-state index contributed by atoms with van der Waals surface area (Å²) in [5.74, 6) is 0. The van der Waals surface area contributed by atoms with E-state index in [1.54, 1.807) is 0 Å². The smallest absolute Gasteiger partial charge is 0.0737 e. The summed E-state index contributed by atoms with van der Waals surface area (Å²) in [5.41, 5.74) is 1.38. The van der Waals surface area contributed by atoms with Crippen LogP contribution in [0.4, 0.5) is 0 Å². The van der Waals surface area contributed by atoms with E-state index in [4.69, 9.17) is 4.74 Å². The Labute approximate surface area is 118 Å². The van der Waals surface area contributed by atoms with Crippen molar-refractivity contribution in [1.82, 2.24) is 5.32 Å². The largest absolute Gasteiger partial charge is 0.374 e. The van der Waals surface area contributed by atoms with E-state index in [0.29, 0.717) is 0 Å². The van der Waals surface area contributed by atoms with Crippen LogP contribution in [0, 0.1) is 0 Å². The van der Waals surface area contributed by atoms with Crippen LogP contribution in [0.15, 0.2) is 24.3 Å². The highest BCUT2D eigenvalue weighted by Crippen LogP contribution is 2.32. The Balaban J connectivity index is 1.86. The Bertz CT molecular complexity index is 557. The van der Waals surface area contributed by atoms with Crippen molar-refractivity contribution < 1.29 is 4.74 Å². The molecular formula is C16H21NOS. The molecule has 1 fully saturated rings. The van der Waals surface area contributed by atoms with Gasteiger partial charge in [-0.15, -0.1) is 11.3 Å². The molecule has 0 amide bonds. The van der Waals surface area contributed by atoms with Crippen LogP contribution < -0.4 is 5.32 Å². The van der Waals surface area contributed by atoms with Gasteiger partial charge in [-0.05, 0) is 38.1 Å². The monoisotopic (exact) mass is 275 g/mol. The number of benzene rings is 1. The molecule has 0 radical (unpaired) electrons. The van der Waals surface area contributed by atoms with E-state index in [2.05, 4.69) is 43.4 Å². The van der Waals surface area contributed by atoms with Crippen LogP contribution in [0.3, 0.4) is 0 Å². The first-order valence-corrected chi connectivity index (χ1v) is 7.90. The topological polar surface area (TPSA) is 21.3 Å². The highest BCUT2D eigenvalue weighted by Gasteiger charge is 2.21. The van der Waals surface area contributed by atoms with Gasteiger partial charge in [-0.25, -0.2) is 0 Å². The van der Waals surface area contributed by atoms with Crippen molar-refractivity contribution in [2.45, 2.75) is 52.0 Å². The average molecular weight is 275 g/mol. The molecule has 0 saturated heterocycles. The first-order chi connectivity index (χ1) is 9.24. The van der Waals surface area contributed by atoms with Gasteiger partial charge in [0.1, 0.15) is 0 Å². The molecule has 0 unspecified atom stereocenters. The first-order valence-electron chi connectivity index (χ1n) is 7.08. The fourth-order valence-corrected chi connectivity index (χ4v) is 3.39. The SMILES string of the molecule is CC(C)OCc1c(CNC2CC2)sc2ccccc12. The lowest BCUT2D eigenvalue weighted by molar-refractivity contribution is 0.0661. The van der Waals surface area contributed by atoms with Crippen molar-refractivity contribution in [2.75, 3.05) is 0 Å². The average Bonchev–Trinajstić information content (AvgIpc) is 3.15. The molecule has 1 N–H and O–H groups in total. The fourth-order valence-electron chi connectivity index (χ4n) is 2.23. The maximum Gasteiger partial charge on any atom is 0.0737 e. The van der Waals surface area contributed by atoms with Gasteiger partial charge in [0.25, 0.3) is 0 Å². The zero-order valence-electron chi connectivity index (χ0n) is 11.6. The summed E-state index contributed by atoms with van der Waals surface area (Å²) < 4.78 is 7.21. The second-order valence-corrected chi connectivity index (χ2v) is 6.65. The van der Waals surface area contributed by atoms with Crippen LogP contribution in [-0.2, 0) is 17.9 Å². The Morgan fingerprint density at radius 1 is 1.32 bits per heavy atom. The lowest BCUT2D eigenvalue weighted by Crippen LogP contribution is -2.15. The van der Waals surface area contributed by atoms with E-state index in [1.807, 2.05) is 11.3 Å². The molecule has 1 heterocycles. The molecule has 0 spiro atoms. The second-order valence-electron chi connectivity index (χ2n) is 5.51. The van der Waals surface area contributed by atoms with Gasteiger partial charge in [0, 0.05) is 27.7 Å². The molecule has 1 aromatic heterocycles. The van der Waals surface area contributed by atoms with Gasteiger partial charge in [0.15, 0.2) is 0 Å². The molecule has 1 aromatic carbocycles. The minimum Gasteiger partial charge on any atom is -0.374 e. The fraction of sp³-hybridized carbons (Fsp3) is 0.500. The number of fused-ring (bicyclic) bond motifs is 1. The molecule has 102 valence electrons. The van der Waals surface area contributed by atoms with Gasteiger partial charge in [0.05, 0.1) is 12.7 Å². The number of rotatable bonds is 6. The second kappa shape index (κ2) is 5.61. The third-order valence-corrected chi connectivity index (χ3v) is 4.68. The molecule has 3 heteroatoms. The van der Waals surface area contributed by atoms with Crippen LogP contribution in [0.25, 0.3) is 10.1 Å². The van der Waals surface area contributed by atoms with Crippen LogP contribution in [0.2, 0.25) is 0 Å². The van der Waals surface area contributed by atoms with Crippen LogP contribution in [-0.4, -0.2) is 12.1 Å². The molecule has 1 saturated carbocycles. The summed E-state index contributed by atoms with van der Waals surface area (Å²) in [6, 6.07) is 9.41. The molecule has 2 nitrogen and oxygen atoms in total. The summed E-state index contributed by atoms with van der Waals surface area (Å²) >= 11 is 1.90. The Morgan fingerprint density at radius 2 is 2.11 bits per heavy atom. The maximum absolute atomic E-state index is 5.84. The van der Waals surface area contributed by atoms with Gasteiger partial charge in [-0.1, -0.05) is 18.2 Å². The summed E-state index contributed by atoms with van der Waals surface area (Å²) in [6.45, 7) is 5.90.